The van der Waals surface area contributed by atoms with Gasteiger partial charge in [-0.15, -0.1) is 0 Å². The number of nitrogen functional groups attached to an aromatic ring is 1. The summed E-state index contributed by atoms with van der Waals surface area (Å²) in [5.74, 6) is 0.900. The van der Waals surface area contributed by atoms with E-state index in [0.29, 0.717) is 10.9 Å². The molecule has 1 unspecified atom stereocenters. The molecule has 4 N–H and O–H groups in total. The minimum Gasteiger partial charge on any atom is -0.508 e. The summed E-state index contributed by atoms with van der Waals surface area (Å²) in [5, 5.41) is 13.0. The first-order valence-electron chi connectivity index (χ1n) is 7.40. The number of nitrogens with two attached hydrogens (primary N) is 1. The standard InChI is InChI=1S/C16H23N3O3S/c1-15(2,3)22-14(21)18-13-19-16(4,5-6-23-13)10-7-11(17)9-12(20)8-10/h7-9,20H,5-6,17H2,1-4H3,(H,18,19,21). The second-order valence-corrected chi connectivity index (χ2v) is 7.81. The van der Waals surface area contributed by atoms with Gasteiger partial charge < -0.3 is 15.6 Å². The van der Waals surface area contributed by atoms with Crippen molar-refractivity contribution >= 4 is 28.7 Å². The highest BCUT2D eigenvalue weighted by molar-refractivity contribution is 8.13. The zero-order chi connectivity index (χ0) is 17.3. The Hall–Kier alpha value is -1.89. The number of nitrogens with one attached hydrogen (secondary N) is 1. The first kappa shape index (κ1) is 17.5. The van der Waals surface area contributed by atoms with Crippen molar-refractivity contribution in [2.75, 3.05) is 11.5 Å². The van der Waals surface area contributed by atoms with E-state index in [2.05, 4.69) is 10.3 Å². The van der Waals surface area contributed by atoms with Gasteiger partial charge in [0.25, 0.3) is 0 Å². The maximum atomic E-state index is 11.9. The number of aromatic hydroxyl groups is 1. The fourth-order valence-electron chi connectivity index (χ4n) is 2.27. The van der Waals surface area contributed by atoms with Gasteiger partial charge in [-0.05, 0) is 51.8 Å². The molecule has 0 radical (unpaired) electrons. The molecule has 7 heteroatoms. The Bertz CT molecular complexity index is 620. The van der Waals surface area contributed by atoms with Crippen LogP contribution in [-0.2, 0) is 10.3 Å². The molecule has 0 bridgehead atoms. The predicted molar refractivity (Wildman–Crippen MR) is 93.8 cm³/mol. The molecule has 6 nitrogen and oxygen atoms in total. The number of anilines is 1. The first-order valence-corrected chi connectivity index (χ1v) is 8.39. The Kier molecular flexibility index (Phi) is 4.79. The number of benzene rings is 1. The van der Waals surface area contributed by atoms with Gasteiger partial charge >= 0.3 is 6.09 Å². The highest BCUT2D eigenvalue weighted by Gasteiger charge is 2.31. The van der Waals surface area contributed by atoms with Crippen molar-refractivity contribution in [2.45, 2.75) is 45.3 Å². The van der Waals surface area contributed by atoms with Crippen LogP contribution in [0.25, 0.3) is 0 Å². The Morgan fingerprint density at radius 3 is 2.74 bits per heavy atom. The summed E-state index contributed by atoms with van der Waals surface area (Å²) in [5.41, 5.74) is 5.99. The van der Waals surface area contributed by atoms with E-state index >= 15 is 0 Å². The molecule has 0 spiro atoms. The molecule has 0 fully saturated rings. The third kappa shape index (κ3) is 4.79. The zero-order valence-electron chi connectivity index (χ0n) is 13.8. The molecule has 0 aromatic heterocycles. The first-order chi connectivity index (χ1) is 10.6. The highest BCUT2D eigenvalue weighted by Crippen LogP contribution is 2.37. The maximum absolute atomic E-state index is 11.9. The number of ether oxygens (including phenoxy) is 1. The number of phenols is 1. The van der Waals surface area contributed by atoms with Gasteiger partial charge in [-0.1, -0.05) is 11.8 Å². The number of carbonyl (C=O) groups is 1. The number of amides is 1. The van der Waals surface area contributed by atoms with Crippen LogP contribution in [0.3, 0.4) is 0 Å². The van der Waals surface area contributed by atoms with Crippen molar-refractivity contribution in [3.8, 4) is 5.75 Å². The molecule has 1 aromatic rings. The molecule has 0 aliphatic carbocycles. The molecule has 1 aromatic carbocycles. The smallest absolute Gasteiger partial charge is 0.413 e. The van der Waals surface area contributed by atoms with Gasteiger partial charge in [0.1, 0.15) is 11.4 Å². The van der Waals surface area contributed by atoms with Crippen molar-refractivity contribution in [1.29, 1.82) is 0 Å². The van der Waals surface area contributed by atoms with Crippen molar-refractivity contribution in [1.82, 2.24) is 5.32 Å². The molecule has 1 amide bonds. The molecule has 2 rings (SSSR count). The summed E-state index contributed by atoms with van der Waals surface area (Å²) in [7, 11) is 0. The van der Waals surface area contributed by atoms with Gasteiger partial charge in [0.2, 0.25) is 0 Å². The number of phenolic OH excluding ortho intramolecular Hbond substituents is 1. The van der Waals surface area contributed by atoms with Gasteiger partial charge in [0, 0.05) is 17.5 Å². The third-order valence-electron chi connectivity index (χ3n) is 3.35. The van der Waals surface area contributed by atoms with Gasteiger partial charge in [0.15, 0.2) is 5.17 Å². The summed E-state index contributed by atoms with van der Waals surface area (Å²) < 4.78 is 5.25. The topological polar surface area (TPSA) is 96.9 Å². The average Bonchev–Trinajstić information content (AvgIpc) is 2.35. The lowest BCUT2D eigenvalue weighted by Gasteiger charge is -2.31. The number of aliphatic imine (C=N–C) groups is 1. The number of thioether (sulfide) groups is 1. The molecular weight excluding hydrogens is 314 g/mol. The summed E-state index contributed by atoms with van der Waals surface area (Å²) >= 11 is 1.47. The number of alkyl carbamates (subject to hydrolysis) is 1. The van der Waals surface area contributed by atoms with Crippen LogP contribution in [-0.4, -0.2) is 27.7 Å². The van der Waals surface area contributed by atoms with Gasteiger partial charge in [-0.2, -0.15) is 0 Å². The van der Waals surface area contributed by atoms with Crippen LogP contribution in [0.5, 0.6) is 5.75 Å². The monoisotopic (exact) mass is 337 g/mol. The minimum atomic E-state index is -0.563. The molecule has 1 aliphatic heterocycles. The van der Waals surface area contributed by atoms with E-state index < -0.39 is 17.2 Å². The van der Waals surface area contributed by atoms with E-state index in [1.54, 1.807) is 12.1 Å². The molecule has 126 valence electrons. The second kappa shape index (κ2) is 6.31. The highest BCUT2D eigenvalue weighted by atomic mass is 32.2. The van der Waals surface area contributed by atoms with Gasteiger partial charge in [-0.25, -0.2) is 4.79 Å². The maximum Gasteiger partial charge on any atom is 0.413 e. The van der Waals surface area contributed by atoms with E-state index in [1.165, 1.54) is 17.8 Å². The van der Waals surface area contributed by atoms with Crippen LogP contribution in [0.1, 0.15) is 39.7 Å². The Balaban J connectivity index is 2.21. The molecule has 1 heterocycles. The molecule has 1 aliphatic rings. The van der Waals surface area contributed by atoms with Crippen LogP contribution < -0.4 is 11.1 Å². The molecular formula is C16H23N3O3S. The summed E-state index contributed by atoms with van der Waals surface area (Å²) in [4.78, 5) is 16.5. The second-order valence-electron chi connectivity index (χ2n) is 6.73. The summed E-state index contributed by atoms with van der Waals surface area (Å²) in [6, 6.07) is 4.94. The van der Waals surface area contributed by atoms with Crippen LogP contribution >= 0.6 is 11.8 Å². The minimum absolute atomic E-state index is 0.108. The number of nitrogens with zero attached hydrogens (tertiary/aromatic N) is 1. The van der Waals surface area contributed by atoms with Gasteiger partial charge in [-0.3, -0.25) is 10.3 Å². The normalized spacial score (nSPS) is 21.5. The van der Waals surface area contributed by atoms with Crippen LogP contribution in [0, 0.1) is 0 Å². The van der Waals surface area contributed by atoms with Crippen molar-refractivity contribution in [3.05, 3.63) is 23.8 Å². The molecule has 0 saturated heterocycles. The number of amidine groups is 1. The van der Waals surface area contributed by atoms with Crippen LogP contribution in [0.15, 0.2) is 23.2 Å². The Morgan fingerprint density at radius 2 is 2.13 bits per heavy atom. The summed E-state index contributed by atoms with van der Waals surface area (Å²) in [6.45, 7) is 7.38. The number of carbonyl (C=O) groups excluding carboxylic acids is 1. The quantitative estimate of drug-likeness (QED) is 0.684. The third-order valence-corrected chi connectivity index (χ3v) is 4.22. The summed E-state index contributed by atoms with van der Waals surface area (Å²) in [6.07, 6.45) is 0.253. The lowest BCUT2D eigenvalue weighted by molar-refractivity contribution is 0.0564. The number of hydrogen-bond acceptors (Lipinski definition) is 6. The lowest BCUT2D eigenvalue weighted by atomic mass is 9.89. The van der Waals surface area contributed by atoms with Crippen molar-refractivity contribution in [3.63, 3.8) is 0 Å². The fraction of sp³-hybridized carbons (Fsp3) is 0.500. The van der Waals surface area contributed by atoms with Crippen LogP contribution in [0.4, 0.5) is 10.5 Å². The molecule has 1 atom stereocenters. The average molecular weight is 337 g/mol. The van der Waals surface area contributed by atoms with Crippen LogP contribution in [0.2, 0.25) is 0 Å². The van der Waals surface area contributed by atoms with Crippen molar-refractivity contribution in [2.24, 2.45) is 4.99 Å². The van der Waals surface area contributed by atoms with Gasteiger partial charge in [0.05, 0.1) is 5.54 Å². The van der Waals surface area contributed by atoms with E-state index in [-0.39, 0.29) is 5.75 Å². The SMILES string of the molecule is CC(C)(C)OC(=O)NC1=NC(C)(c2cc(N)cc(O)c2)CCS1. The Morgan fingerprint density at radius 1 is 1.43 bits per heavy atom. The van der Waals surface area contributed by atoms with E-state index in [0.717, 1.165) is 17.7 Å². The number of hydrogen-bond donors (Lipinski definition) is 3. The van der Waals surface area contributed by atoms with E-state index in [1.807, 2.05) is 27.7 Å². The van der Waals surface area contributed by atoms with E-state index in [9.17, 15) is 9.90 Å². The lowest BCUT2D eigenvalue weighted by Crippen LogP contribution is -2.38. The number of rotatable bonds is 1. The van der Waals surface area contributed by atoms with Crippen molar-refractivity contribution < 1.29 is 14.6 Å². The Labute approximate surface area is 140 Å². The largest absolute Gasteiger partial charge is 0.508 e. The molecule has 23 heavy (non-hydrogen) atoms. The molecule has 0 saturated carbocycles. The fourth-order valence-corrected chi connectivity index (χ4v) is 3.38. The zero-order valence-corrected chi connectivity index (χ0v) is 14.7. The van der Waals surface area contributed by atoms with E-state index in [4.69, 9.17) is 10.5 Å². The predicted octanol–water partition coefficient (Wildman–Crippen LogP) is 3.21.